The van der Waals surface area contributed by atoms with E-state index in [1.54, 1.807) is 4.90 Å². The summed E-state index contributed by atoms with van der Waals surface area (Å²) in [6.45, 7) is 1.76. The van der Waals surface area contributed by atoms with Gasteiger partial charge in [-0.05, 0) is 0 Å². The molecule has 3 rings (SSSR count). The van der Waals surface area contributed by atoms with E-state index in [1.165, 1.54) is 39.2 Å². The van der Waals surface area contributed by atoms with Crippen LogP contribution < -0.4 is 5.56 Å². The molecule has 1 unspecified atom stereocenters. The van der Waals surface area contributed by atoms with Crippen molar-refractivity contribution in [3.63, 3.8) is 0 Å². The predicted octanol–water partition coefficient (Wildman–Crippen LogP) is -0.931. The average Bonchev–Trinajstić information content (AvgIpc) is 2.54. The summed E-state index contributed by atoms with van der Waals surface area (Å²) in [4.78, 5) is 30.4. The Balaban J connectivity index is 1.67. The number of hydrogen-bond acceptors (Lipinski definition) is 6. The van der Waals surface area contributed by atoms with Crippen molar-refractivity contribution in [2.75, 3.05) is 38.2 Å². The molecule has 0 aliphatic carbocycles. The van der Waals surface area contributed by atoms with Gasteiger partial charge in [0.15, 0.2) is 5.16 Å². The summed E-state index contributed by atoms with van der Waals surface area (Å²) in [5.41, 5.74) is -0.151. The summed E-state index contributed by atoms with van der Waals surface area (Å²) in [5.74, 6) is 0.285. The minimum atomic E-state index is -3.21. The number of carbonyl (C=O) groups excluding carboxylic acids is 1. The summed E-state index contributed by atoms with van der Waals surface area (Å²) in [6, 6.07) is 1.39. The number of aromatic nitrogens is 2. The highest BCUT2D eigenvalue weighted by Crippen LogP contribution is 2.26. The van der Waals surface area contributed by atoms with Crippen LogP contribution in [0.3, 0.4) is 0 Å². The zero-order valence-corrected chi connectivity index (χ0v) is 14.3. The Labute approximate surface area is 138 Å². The van der Waals surface area contributed by atoms with Crippen molar-refractivity contribution in [3.05, 3.63) is 22.6 Å². The molecule has 126 valence electrons. The molecule has 3 heterocycles. The van der Waals surface area contributed by atoms with Gasteiger partial charge in [0.1, 0.15) is 0 Å². The van der Waals surface area contributed by atoms with Crippen LogP contribution in [0.4, 0.5) is 0 Å². The lowest BCUT2D eigenvalue weighted by Crippen LogP contribution is -2.52. The fraction of sp³-hybridized carbons (Fsp3) is 0.615. The third kappa shape index (κ3) is 3.43. The number of fused-ring (bicyclic) bond motifs is 1. The van der Waals surface area contributed by atoms with Crippen LogP contribution in [-0.4, -0.2) is 71.3 Å². The van der Waals surface area contributed by atoms with Gasteiger partial charge in [0.05, 0.1) is 12.2 Å². The fourth-order valence-electron chi connectivity index (χ4n) is 2.80. The molecule has 2 aliphatic rings. The fourth-order valence-corrected chi connectivity index (χ4v) is 4.68. The van der Waals surface area contributed by atoms with Gasteiger partial charge in [-0.25, -0.2) is 13.4 Å². The molecule has 0 saturated carbocycles. The Morgan fingerprint density at radius 2 is 2.00 bits per heavy atom. The highest BCUT2D eigenvalue weighted by atomic mass is 32.2. The topological polar surface area (TPSA) is 92.6 Å². The van der Waals surface area contributed by atoms with Gasteiger partial charge in [-0.2, -0.15) is 4.31 Å². The molecule has 0 bridgehead atoms. The van der Waals surface area contributed by atoms with Gasteiger partial charge < -0.3 is 4.90 Å². The van der Waals surface area contributed by atoms with Crippen LogP contribution in [0.25, 0.3) is 0 Å². The Morgan fingerprint density at radius 1 is 1.30 bits per heavy atom. The molecule has 1 amide bonds. The number of hydrogen-bond donors (Lipinski definition) is 0. The SMILES string of the molecule is CS(=O)(=O)N1CCN(C(=O)C2CSc3nccc(=O)n3C2)CC1. The van der Waals surface area contributed by atoms with E-state index >= 15 is 0 Å². The largest absolute Gasteiger partial charge is 0.340 e. The van der Waals surface area contributed by atoms with Crippen molar-refractivity contribution < 1.29 is 13.2 Å². The molecule has 0 spiro atoms. The van der Waals surface area contributed by atoms with E-state index in [-0.39, 0.29) is 17.4 Å². The first kappa shape index (κ1) is 16.5. The maximum atomic E-state index is 12.6. The third-order valence-corrected chi connectivity index (χ3v) is 6.54. The molecule has 0 aromatic carbocycles. The van der Waals surface area contributed by atoms with E-state index in [0.717, 1.165) is 0 Å². The van der Waals surface area contributed by atoms with Crippen LogP contribution in [-0.2, 0) is 21.4 Å². The lowest BCUT2D eigenvalue weighted by molar-refractivity contribution is -0.136. The second-order valence-electron chi connectivity index (χ2n) is 5.67. The minimum Gasteiger partial charge on any atom is -0.340 e. The highest BCUT2D eigenvalue weighted by Gasteiger charge is 2.32. The summed E-state index contributed by atoms with van der Waals surface area (Å²) < 4.78 is 25.9. The molecule has 0 radical (unpaired) electrons. The summed E-state index contributed by atoms with van der Waals surface area (Å²) >= 11 is 1.41. The van der Waals surface area contributed by atoms with Crippen LogP contribution in [0.2, 0.25) is 0 Å². The first-order valence-electron chi connectivity index (χ1n) is 7.29. The summed E-state index contributed by atoms with van der Waals surface area (Å²) in [6.07, 6.45) is 2.66. The Hall–Kier alpha value is -1.39. The zero-order chi connectivity index (χ0) is 16.6. The second-order valence-corrected chi connectivity index (χ2v) is 8.64. The van der Waals surface area contributed by atoms with Crippen LogP contribution in [0.1, 0.15) is 0 Å². The van der Waals surface area contributed by atoms with Crippen molar-refractivity contribution in [3.8, 4) is 0 Å². The molecule has 1 aromatic rings. The van der Waals surface area contributed by atoms with E-state index in [0.29, 0.717) is 43.6 Å². The lowest BCUT2D eigenvalue weighted by Gasteiger charge is -2.36. The van der Waals surface area contributed by atoms with Crippen molar-refractivity contribution in [2.45, 2.75) is 11.7 Å². The first-order chi connectivity index (χ1) is 10.9. The van der Waals surface area contributed by atoms with Gasteiger partial charge in [-0.1, -0.05) is 11.8 Å². The average molecular weight is 358 g/mol. The number of amides is 1. The highest BCUT2D eigenvalue weighted by molar-refractivity contribution is 7.99. The van der Waals surface area contributed by atoms with Crippen LogP contribution in [0.15, 0.2) is 22.2 Å². The smallest absolute Gasteiger partial charge is 0.254 e. The molecule has 0 N–H and O–H groups in total. The molecule has 1 atom stereocenters. The summed E-state index contributed by atoms with van der Waals surface area (Å²) in [5, 5.41) is 0.642. The van der Waals surface area contributed by atoms with Crippen molar-refractivity contribution in [2.24, 2.45) is 5.92 Å². The molecule has 10 heteroatoms. The third-order valence-electron chi connectivity index (χ3n) is 4.08. The maximum absolute atomic E-state index is 12.6. The van der Waals surface area contributed by atoms with Gasteiger partial charge in [0, 0.05) is 50.7 Å². The molecular formula is C13H18N4O4S2. The van der Waals surface area contributed by atoms with Crippen molar-refractivity contribution in [1.82, 2.24) is 18.8 Å². The van der Waals surface area contributed by atoms with Gasteiger partial charge in [-0.15, -0.1) is 0 Å². The van der Waals surface area contributed by atoms with E-state index in [2.05, 4.69) is 4.98 Å². The van der Waals surface area contributed by atoms with Gasteiger partial charge >= 0.3 is 0 Å². The van der Waals surface area contributed by atoms with E-state index in [4.69, 9.17) is 0 Å². The molecule has 2 aliphatic heterocycles. The molecule has 23 heavy (non-hydrogen) atoms. The Bertz CT molecular complexity index is 768. The summed E-state index contributed by atoms with van der Waals surface area (Å²) in [7, 11) is -3.21. The lowest BCUT2D eigenvalue weighted by atomic mass is 10.1. The number of rotatable bonds is 2. The van der Waals surface area contributed by atoms with E-state index in [9.17, 15) is 18.0 Å². The second kappa shape index (κ2) is 6.25. The molecule has 8 nitrogen and oxygen atoms in total. The predicted molar refractivity (Wildman–Crippen MR) is 85.7 cm³/mol. The first-order valence-corrected chi connectivity index (χ1v) is 10.1. The number of thioether (sulfide) groups is 1. The molecule has 1 saturated heterocycles. The molecule has 1 aromatic heterocycles. The Morgan fingerprint density at radius 3 is 2.65 bits per heavy atom. The van der Waals surface area contributed by atoms with Gasteiger partial charge in [0.25, 0.3) is 5.56 Å². The van der Waals surface area contributed by atoms with Crippen LogP contribution in [0.5, 0.6) is 0 Å². The molecule has 1 fully saturated rings. The number of nitrogens with zero attached hydrogens (tertiary/aromatic N) is 4. The van der Waals surface area contributed by atoms with Crippen LogP contribution >= 0.6 is 11.8 Å². The van der Waals surface area contributed by atoms with E-state index < -0.39 is 10.0 Å². The number of sulfonamides is 1. The zero-order valence-electron chi connectivity index (χ0n) is 12.7. The minimum absolute atomic E-state index is 0.0212. The number of carbonyl (C=O) groups is 1. The van der Waals surface area contributed by atoms with Gasteiger partial charge in [-0.3, -0.25) is 14.2 Å². The van der Waals surface area contributed by atoms with Crippen LogP contribution in [0, 0.1) is 5.92 Å². The maximum Gasteiger partial charge on any atom is 0.254 e. The monoisotopic (exact) mass is 358 g/mol. The normalized spacial score (nSPS) is 22.7. The standard InChI is InChI=1S/C13H18N4O4S2/c1-23(20,21)16-6-4-15(5-7-16)12(19)10-8-17-11(18)2-3-14-13(17)22-9-10/h2-3,10H,4-9H2,1H3. The van der Waals surface area contributed by atoms with Crippen molar-refractivity contribution in [1.29, 1.82) is 0 Å². The van der Waals surface area contributed by atoms with Crippen molar-refractivity contribution >= 4 is 27.7 Å². The van der Waals surface area contributed by atoms with E-state index in [1.807, 2.05) is 0 Å². The Kier molecular flexibility index (Phi) is 4.47. The van der Waals surface area contributed by atoms with Gasteiger partial charge in [0.2, 0.25) is 15.9 Å². The quantitative estimate of drug-likeness (QED) is 0.634. The number of piperazine rings is 1. The molecular weight excluding hydrogens is 340 g/mol.